The number of carbonyl (C=O) groups excluding carboxylic acids is 2. The number of amides is 2. The van der Waals surface area contributed by atoms with Gasteiger partial charge in [-0.05, 0) is 18.6 Å². The highest BCUT2D eigenvalue weighted by molar-refractivity contribution is 6.21. The molecular formula is C15H19NO6. The molecule has 0 aliphatic carbocycles. The molecule has 2 rings (SSSR count). The van der Waals surface area contributed by atoms with Gasteiger partial charge in [0.25, 0.3) is 11.8 Å². The molecule has 7 nitrogen and oxygen atoms in total. The van der Waals surface area contributed by atoms with Crippen molar-refractivity contribution in [3.05, 3.63) is 35.4 Å². The lowest BCUT2D eigenvalue weighted by molar-refractivity contribution is -0.194. The number of hydrogen-bond acceptors (Lipinski definition) is 5. The summed E-state index contributed by atoms with van der Waals surface area (Å²) in [7, 11) is 0. The van der Waals surface area contributed by atoms with Gasteiger partial charge in [-0.15, -0.1) is 0 Å². The highest BCUT2D eigenvalue weighted by Crippen LogP contribution is 2.22. The summed E-state index contributed by atoms with van der Waals surface area (Å²) in [6.07, 6.45) is 2.60. The van der Waals surface area contributed by atoms with Crippen LogP contribution in [-0.2, 0) is 4.89 Å². The predicted octanol–water partition coefficient (Wildman–Crippen LogP) is 3.02. The molecule has 1 aliphatic rings. The normalized spacial score (nSPS) is 12.5. The Morgan fingerprint density at radius 2 is 1.59 bits per heavy atom. The first-order valence-corrected chi connectivity index (χ1v) is 7.02. The molecule has 0 unspecified atom stereocenters. The standard InChI is InChI=1S/C14H17NO2.CH2O4/c1-2-3-4-7-10-15-13(16)11-8-5-6-9-12(11)14(15)17;2-1(3)5-4/h5-6,8-9H,2-4,7,10H2,1H3;4H,(H,2,3). The number of imide groups is 1. The smallest absolute Gasteiger partial charge is 0.448 e. The summed E-state index contributed by atoms with van der Waals surface area (Å²) in [5.41, 5.74) is 1.10. The van der Waals surface area contributed by atoms with Crippen LogP contribution >= 0.6 is 0 Å². The van der Waals surface area contributed by atoms with Gasteiger partial charge in [-0.3, -0.25) is 19.4 Å². The van der Waals surface area contributed by atoms with E-state index in [9.17, 15) is 9.59 Å². The molecule has 2 N–H and O–H groups in total. The molecule has 2 amide bonds. The van der Waals surface area contributed by atoms with E-state index in [1.54, 1.807) is 24.3 Å². The van der Waals surface area contributed by atoms with Gasteiger partial charge in [0.2, 0.25) is 0 Å². The molecule has 0 atom stereocenters. The molecule has 7 heteroatoms. The Balaban J connectivity index is 0.000000422. The largest absolute Gasteiger partial charge is 0.537 e. The van der Waals surface area contributed by atoms with Crippen molar-refractivity contribution >= 4 is 18.0 Å². The van der Waals surface area contributed by atoms with Crippen LogP contribution in [0, 0.1) is 0 Å². The van der Waals surface area contributed by atoms with Crippen LogP contribution in [0.15, 0.2) is 24.3 Å². The average Bonchev–Trinajstić information content (AvgIpc) is 2.77. The Bertz CT molecular complexity index is 508. The molecule has 0 saturated heterocycles. The summed E-state index contributed by atoms with van der Waals surface area (Å²) in [6.45, 7) is 2.69. The third-order valence-electron chi connectivity index (χ3n) is 3.19. The predicted molar refractivity (Wildman–Crippen MR) is 77.7 cm³/mol. The number of fused-ring (bicyclic) bond motifs is 1. The zero-order valence-corrected chi connectivity index (χ0v) is 12.3. The van der Waals surface area contributed by atoms with Crippen LogP contribution in [0.2, 0.25) is 0 Å². The first-order valence-electron chi connectivity index (χ1n) is 7.02. The number of carbonyl (C=O) groups is 3. The van der Waals surface area contributed by atoms with Gasteiger partial charge in [-0.2, -0.15) is 5.26 Å². The summed E-state index contributed by atoms with van der Waals surface area (Å²) in [6, 6.07) is 7.04. The van der Waals surface area contributed by atoms with Gasteiger partial charge in [0.15, 0.2) is 0 Å². The third-order valence-corrected chi connectivity index (χ3v) is 3.19. The topological polar surface area (TPSA) is 104 Å². The van der Waals surface area contributed by atoms with E-state index in [1.165, 1.54) is 4.90 Å². The van der Waals surface area contributed by atoms with E-state index in [2.05, 4.69) is 11.8 Å². The molecule has 1 heterocycles. The van der Waals surface area contributed by atoms with Crippen LogP contribution in [0.3, 0.4) is 0 Å². The van der Waals surface area contributed by atoms with E-state index in [-0.39, 0.29) is 11.8 Å². The van der Waals surface area contributed by atoms with Crippen LogP contribution in [0.1, 0.15) is 53.3 Å². The zero-order chi connectivity index (χ0) is 16.5. The first-order chi connectivity index (χ1) is 10.5. The van der Waals surface area contributed by atoms with Gasteiger partial charge in [0, 0.05) is 6.54 Å². The van der Waals surface area contributed by atoms with Crippen molar-refractivity contribution in [3.8, 4) is 0 Å². The second kappa shape index (κ2) is 8.78. The molecule has 22 heavy (non-hydrogen) atoms. The third kappa shape index (κ3) is 4.56. The molecular weight excluding hydrogens is 290 g/mol. The number of hydrogen-bond donors (Lipinski definition) is 2. The summed E-state index contributed by atoms with van der Waals surface area (Å²) in [4.78, 5) is 36.9. The highest BCUT2D eigenvalue weighted by atomic mass is 17.1. The Morgan fingerprint density at radius 3 is 2.00 bits per heavy atom. The van der Waals surface area contributed by atoms with E-state index in [1.807, 2.05) is 0 Å². The van der Waals surface area contributed by atoms with Crippen LogP contribution < -0.4 is 0 Å². The Hall–Kier alpha value is -2.41. The van der Waals surface area contributed by atoms with E-state index in [0.29, 0.717) is 17.7 Å². The number of nitrogens with zero attached hydrogens (tertiary/aromatic N) is 1. The zero-order valence-electron chi connectivity index (χ0n) is 12.3. The van der Waals surface area contributed by atoms with Crippen molar-refractivity contribution < 1.29 is 29.6 Å². The monoisotopic (exact) mass is 309 g/mol. The maximum absolute atomic E-state index is 12.0. The minimum atomic E-state index is -1.69. The number of unbranched alkanes of at least 4 members (excludes halogenated alkanes) is 3. The Labute approximate surface area is 128 Å². The maximum atomic E-state index is 12.0. The fraction of sp³-hybridized carbons (Fsp3) is 0.400. The molecule has 120 valence electrons. The van der Waals surface area contributed by atoms with Gasteiger partial charge in [-0.1, -0.05) is 38.3 Å². The van der Waals surface area contributed by atoms with Crippen molar-refractivity contribution in [2.75, 3.05) is 6.54 Å². The minimum absolute atomic E-state index is 0.137. The summed E-state index contributed by atoms with van der Waals surface area (Å²) >= 11 is 0. The van der Waals surface area contributed by atoms with Crippen LogP contribution in [0.25, 0.3) is 0 Å². The van der Waals surface area contributed by atoms with Crippen molar-refractivity contribution in [1.82, 2.24) is 4.90 Å². The number of carboxylic acid groups (broad SMARTS) is 1. The molecule has 1 aromatic carbocycles. The van der Waals surface area contributed by atoms with Gasteiger partial charge >= 0.3 is 6.16 Å². The Kier molecular flexibility index (Phi) is 7.04. The van der Waals surface area contributed by atoms with Gasteiger partial charge in [-0.25, -0.2) is 4.79 Å². The molecule has 0 radical (unpaired) electrons. The quantitative estimate of drug-likeness (QED) is 0.375. The second-order valence-corrected chi connectivity index (χ2v) is 4.73. The molecule has 0 bridgehead atoms. The summed E-state index contributed by atoms with van der Waals surface area (Å²) < 4.78 is 0. The Morgan fingerprint density at radius 1 is 1.09 bits per heavy atom. The van der Waals surface area contributed by atoms with Crippen LogP contribution in [0.4, 0.5) is 4.79 Å². The molecule has 1 aromatic rings. The number of rotatable bonds is 5. The van der Waals surface area contributed by atoms with E-state index in [4.69, 9.17) is 15.2 Å². The van der Waals surface area contributed by atoms with Crippen molar-refractivity contribution in [2.24, 2.45) is 0 Å². The second-order valence-electron chi connectivity index (χ2n) is 4.73. The van der Waals surface area contributed by atoms with Crippen LogP contribution in [0.5, 0.6) is 0 Å². The van der Waals surface area contributed by atoms with E-state index >= 15 is 0 Å². The van der Waals surface area contributed by atoms with E-state index in [0.717, 1.165) is 25.7 Å². The minimum Gasteiger partial charge on any atom is -0.448 e. The average molecular weight is 309 g/mol. The molecule has 0 fully saturated rings. The molecule has 1 aliphatic heterocycles. The fourth-order valence-corrected chi connectivity index (χ4v) is 2.14. The molecule has 0 spiro atoms. The van der Waals surface area contributed by atoms with Crippen molar-refractivity contribution in [1.29, 1.82) is 0 Å². The SMILES string of the molecule is CCCCCCN1C(=O)c2ccccc2C1=O.O=C(O)OO. The van der Waals surface area contributed by atoms with Crippen molar-refractivity contribution in [2.45, 2.75) is 32.6 Å². The number of benzene rings is 1. The highest BCUT2D eigenvalue weighted by Gasteiger charge is 2.34. The lowest BCUT2D eigenvalue weighted by Crippen LogP contribution is -2.30. The lowest BCUT2D eigenvalue weighted by Gasteiger charge is -2.13. The van der Waals surface area contributed by atoms with Crippen LogP contribution in [-0.4, -0.2) is 39.8 Å². The summed E-state index contributed by atoms with van der Waals surface area (Å²) in [5.74, 6) is -0.274. The molecule has 0 aromatic heterocycles. The fourth-order valence-electron chi connectivity index (χ4n) is 2.14. The van der Waals surface area contributed by atoms with Gasteiger partial charge in [0.1, 0.15) is 0 Å². The van der Waals surface area contributed by atoms with Gasteiger partial charge < -0.3 is 5.11 Å². The summed E-state index contributed by atoms with van der Waals surface area (Å²) in [5, 5.41) is 14.3. The first kappa shape index (κ1) is 17.6. The lowest BCUT2D eigenvalue weighted by atomic mass is 10.1. The van der Waals surface area contributed by atoms with Crippen molar-refractivity contribution in [3.63, 3.8) is 0 Å². The van der Waals surface area contributed by atoms with Gasteiger partial charge in [0.05, 0.1) is 11.1 Å². The van der Waals surface area contributed by atoms with E-state index < -0.39 is 6.16 Å². The molecule has 0 saturated carbocycles. The maximum Gasteiger partial charge on any atom is 0.537 e.